The zero-order valence-electron chi connectivity index (χ0n) is 9.87. The number of hydrogen-bond donors (Lipinski definition) is 1. The number of aliphatic hydroxyl groups is 1. The van der Waals surface area contributed by atoms with E-state index in [0.29, 0.717) is 5.92 Å². The Kier molecular flexibility index (Phi) is 2.48. The Morgan fingerprint density at radius 1 is 1.24 bits per heavy atom. The maximum atomic E-state index is 9.45. The first-order valence-electron chi connectivity index (χ1n) is 6.08. The van der Waals surface area contributed by atoms with Crippen LogP contribution in [0.3, 0.4) is 0 Å². The van der Waals surface area contributed by atoms with E-state index in [1.165, 1.54) is 18.5 Å². The predicted molar refractivity (Wildman–Crippen MR) is 66.2 cm³/mol. The van der Waals surface area contributed by atoms with Gasteiger partial charge in [-0.05, 0) is 43.5 Å². The van der Waals surface area contributed by atoms with Crippen molar-refractivity contribution in [2.45, 2.75) is 31.8 Å². The Bertz CT molecular complexity index is 509. The first-order chi connectivity index (χ1) is 8.24. The van der Waals surface area contributed by atoms with Gasteiger partial charge < -0.3 is 5.11 Å². The first-order valence-corrected chi connectivity index (χ1v) is 6.08. The molecular weight excluding hydrogens is 212 g/mol. The topological polar surface area (TPSA) is 38.0 Å². The van der Waals surface area contributed by atoms with Gasteiger partial charge in [0.2, 0.25) is 0 Å². The normalized spacial score (nSPS) is 17.1. The van der Waals surface area contributed by atoms with E-state index in [4.69, 9.17) is 0 Å². The molecule has 3 heteroatoms. The average molecular weight is 228 g/mol. The minimum absolute atomic E-state index is 0.413. The number of aliphatic hydroxyl groups excluding tert-OH is 1. The molecule has 0 spiro atoms. The zero-order chi connectivity index (χ0) is 11.8. The van der Waals surface area contributed by atoms with Gasteiger partial charge in [0.25, 0.3) is 0 Å². The summed E-state index contributed by atoms with van der Waals surface area (Å²) in [7, 11) is 0. The van der Waals surface area contributed by atoms with Gasteiger partial charge in [0.15, 0.2) is 0 Å². The molecule has 1 aliphatic rings. The molecule has 1 unspecified atom stereocenters. The maximum absolute atomic E-state index is 9.45. The molecule has 1 aliphatic carbocycles. The van der Waals surface area contributed by atoms with Crippen LogP contribution in [0.15, 0.2) is 36.5 Å². The molecule has 2 aromatic rings. The highest BCUT2D eigenvalue weighted by molar-refractivity contribution is 5.35. The minimum Gasteiger partial charge on any atom is -0.389 e. The lowest BCUT2D eigenvalue weighted by atomic mass is 10.1. The monoisotopic (exact) mass is 228 g/mol. The number of benzene rings is 1. The van der Waals surface area contributed by atoms with E-state index in [9.17, 15) is 5.11 Å². The van der Waals surface area contributed by atoms with Gasteiger partial charge in [-0.3, -0.25) is 0 Å². The van der Waals surface area contributed by atoms with E-state index in [1.807, 2.05) is 35.1 Å². The van der Waals surface area contributed by atoms with Crippen molar-refractivity contribution in [2.24, 2.45) is 0 Å². The second-order valence-electron chi connectivity index (χ2n) is 4.73. The van der Waals surface area contributed by atoms with Crippen LogP contribution in [0.1, 0.15) is 43.0 Å². The molecule has 0 bridgehead atoms. The molecule has 0 radical (unpaired) electrons. The summed E-state index contributed by atoms with van der Waals surface area (Å²) < 4.78 is 1.90. The highest BCUT2D eigenvalue weighted by Gasteiger charge is 2.25. The lowest BCUT2D eigenvalue weighted by molar-refractivity contribution is 0.199. The second-order valence-corrected chi connectivity index (χ2v) is 4.73. The fourth-order valence-electron chi connectivity index (χ4n) is 1.98. The summed E-state index contributed by atoms with van der Waals surface area (Å²) in [6, 6.07) is 9.97. The Labute approximate surface area is 101 Å². The standard InChI is InChI=1S/C14H16N2O/c1-10(17)11-4-6-13(7-5-11)16-9-8-14(15-16)12-2-3-12/h4-10,12,17H,2-3H2,1H3. The van der Waals surface area contributed by atoms with Crippen LogP contribution < -0.4 is 0 Å². The number of nitrogens with zero attached hydrogens (tertiary/aromatic N) is 2. The Morgan fingerprint density at radius 3 is 2.53 bits per heavy atom. The summed E-state index contributed by atoms with van der Waals surface area (Å²) in [6.45, 7) is 1.77. The van der Waals surface area contributed by atoms with Gasteiger partial charge in [0, 0.05) is 12.1 Å². The average Bonchev–Trinajstić information content (AvgIpc) is 3.07. The van der Waals surface area contributed by atoms with Gasteiger partial charge in [0.05, 0.1) is 17.5 Å². The van der Waals surface area contributed by atoms with E-state index in [2.05, 4.69) is 11.2 Å². The summed E-state index contributed by atoms with van der Waals surface area (Å²) >= 11 is 0. The zero-order valence-corrected chi connectivity index (χ0v) is 9.87. The number of hydrogen-bond acceptors (Lipinski definition) is 2. The quantitative estimate of drug-likeness (QED) is 0.877. The van der Waals surface area contributed by atoms with Crippen molar-refractivity contribution >= 4 is 0 Å². The molecule has 1 atom stereocenters. The molecule has 3 nitrogen and oxygen atoms in total. The fraction of sp³-hybridized carbons (Fsp3) is 0.357. The molecule has 1 aromatic carbocycles. The van der Waals surface area contributed by atoms with Crippen LogP contribution in [-0.2, 0) is 0 Å². The first kappa shape index (κ1) is 10.5. The van der Waals surface area contributed by atoms with Gasteiger partial charge >= 0.3 is 0 Å². The molecular formula is C14H16N2O. The van der Waals surface area contributed by atoms with Crippen molar-refractivity contribution in [3.8, 4) is 5.69 Å². The molecule has 1 N–H and O–H groups in total. The van der Waals surface area contributed by atoms with Crippen LogP contribution in [0.5, 0.6) is 0 Å². The Morgan fingerprint density at radius 2 is 1.94 bits per heavy atom. The third-order valence-corrected chi connectivity index (χ3v) is 3.25. The maximum Gasteiger partial charge on any atom is 0.0761 e. The number of rotatable bonds is 3. The summed E-state index contributed by atoms with van der Waals surface area (Å²) in [5.74, 6) is 0.688. The van der Waals surface area contributed by atoms with Gasteiger partial charge in [0.1, 0.15) is 0 Å². The Hall–Kier alpha value is -1.61. The van der Waals surface area contributed by atoms with Crippen molar-refractivity contribution in [1.82, 2.24) is 9.78 Å². The van der Waals surface area contributed by atoms with Gasteiger partial charge in [-0.2, -0.15) is 5.10 Å². The van der Waals surface area contributed by atoms with Gasteiger partial charge in [-0.25, -0.2) is 4.68 Å². The van der Waals surface area contributed by atoms with E-state index < -0.39 is 6.10 Å². The third kappa shape index (κ3) is 2.11. The van der Waals surface area contributed by atoms with Crippen molar-refractivity contribution in [2.75, 3.05) is 0 Å². The SMILES string of the molecule is CC(O)c1ccc(-n2ccc(C3CC3)n2)cc1. The molecule has 3 rings (SSSR count). The lowest BCUT2D eigenvalue weighted by Crippen LogP contribution is -1.97. The predicted octanol–water partition coefficient (Wildman–Crippen LogP) is 2.80. The van der Waals surface area contributed by atoms with Crippen molar-refractivity contribution in [3.05, 3.63) is 47.8 Å². The van der Waals surface area contributed by atoms with Crippen LogP contribution in [0.2, 0.25) is 0 Å². The molecule has 1 fully saturated rings. The van der Waals surface area contributed by atoms with Crippen LogP contribution in [0.25, 0.3) is 5.69 Å². The Balaban J connectivity index is 1.86. The van der Waals surface area contributed by atoms with Crippen LogP contribution in [0, 0.1) is 0 Å². The lowest BCUT2D eigenvalue weighted by Gasteiger charge is -2.06. The fourth-order valence-corrected chi connectivity index (χ4v) is 1.98. The summed E-state index contributed by atoms with van der Waals surface area (Å²) in [5, 5.41) is 14.0. The van der Waals surface area contributed by atoms with Crippen LogP contribution in [-0.4, -0.2) is 14.9 Å². The molecule has 17 heavy (non-hydrogen) atoms. The van der Waals surface area contributed by atoms with E-state index in [1.54, 1.807) is 6.92 Å². The van der Waals surface area contributed by atoms with E-state index >= 15 is 0 Å². The number of aromatic nitrogens is 2. The molecule has 0 saturated heterocycles. The minimum atomic E-state index is -0.413. The van der Waals surface area contributed by atoms with Crippen LogP contribution >= 0.6 is 0 Å². The molecule has 88 valence electrons. The highest BCUT2D eigenvalue weighted by atomic mass is 16.3. The summed E-state index contributed by atoms with van der Waals surface area (Å²) in [6.07, 6.45) is 4.14. The molecule has 1 heterocycles. The van der Waals surface area contributed by atoms with Crippen molar-refractivity contribution in [3.63, 3.8) is 0 Å². The van der Waals surface area contributed by atoms with Gasteiger partial charge in [-0.1, -0.05) is 12.1 Å². The molecule has 1 aromatic heterocycles. The van der Waals surface area contributed by atoms with Crippen LogP contribution in [0.4, 0.5) is 0 Å². The molecule has 0 amide bonds. The third-order valence-electron chi connectivity index (χ3n) is 3.25. The molecule has 0 aliphatic heterocycles. The smallest absolute Gasteiger partial charge is 0.0761 e. The van der Waals surface area contributed by atoms with E-state index in [-0.39, 0.29) is 0 Å². The molecule has 1 saturated carbocycles. The van der Waals surface area contributed by atoms with Crippen molar-refractivity contribution in [1.29, 1.82) is 0 Å². The van der Waals surface area contributed by atoms with E-state index in [0.717, 1.165) is 11.3 Å². The van der Waals surface area contributed by atoms with Gasteiger partial charge in [-0.15, -0.1) is 0 Å². The second kappa shape index (κ2) is 4.00. The largest absolute Gasteiger partial charge is 0.389 e. The summed E-state index contributed by atoms with van der Waals surface area (Å²) in [4.78, 5) is 0. The highest BCUT2D eigenvalue weighted by Crippen LogP contribution is 2.39. The summed E-state index contributed by atoms with van der Waals surface area (Å²) in [5.41, 5.74) is 3.18. The van der Waals surface area contributed by atoms with Crippen molar-refractivity contribution < 1.29 is 5.11 Å².